The fraction of sp³-hybridized carbons (Fsp3) is 0.821. The molecular weight excluding hydrogens is 580 g/mol. The Labute approximate surface area is 241 Å². The molecule has 42 heavy (non-hydrogen) atoms. The van der Waals surface area contributed by atoms with E-state index in [4.69, 9.17) is 14.0 Å². The van der Waals surface area contributed by atoms with Crippen molar-refractivity contribution in [2.45, 2.75) is 89.7 Å². The number of rotatable bonds is 6. The van der Waals surface area contributed by atoms with Gasteiger partial charge in [0.25, 0.3) is 0 Å². The third kappa shape index (κ3) is 4.02. The van der Waals surface area contributed by atoms with Crippen LogP contribution < -0.4 is 0 Å². The molecule has 6 saturated carbocycles. The average Bonchev–Trinajstić information content (AvgIpc) is 3.48. The van der Waals surface area contributed by atoms with E-state index < -0.39 is 91.9 Å². The van der Waals surface area contributed by atoms with Crippen LogP contribution in [0.4, 0.5) is 8.78 Å². The predicted molar refractivity (Wildman–Crippen MR) is 137 cm³/mol. The Hall–Kier alpha value is -2.48. The van der Waals surface area contributed by atoms with Crippen molar-refractivity contribution in [2.24, 2.45) is 52.3 Å². The van der Waals surface area contributed by atoms with Crippen molar-refractivity contribution in [2.75, 3.05) is 0 Å². The Bertz CT molecular complexity index is 1370. The van der Waals surface area contributed by atoms with Crippen molar-refractivity contribution in [3.8, 4) is 0 Å². The van der Waals surface area contributed by atoms with E-state index in [2.05, 4.69) is 0 Å². The van der Waals surface area contributed by atoms with Gasteiger partial charge in [-0.3, -0.25) is 33.4 Å². The largest absolute Gasteiger partial charge is 0.459 e. The Morgan fingerprint density at radius 2 is 1.62 bits per heavy atom. The second-order valence-electron chi connectivity index (χ2n) is 14.4. The highest BCUT2D eigenvalue weighted by molar-refractivity contribution is 7.86. The first kappa shape index (κ1) is 29.6. The summed E-state index contributed by atoms with van der Waals surface area (Å²) in [4.78, 5) is 68.2. The van der Waals surface area contributed by atoms with E-state index >= 15 is 0 Å². The number of ketones is 1. The van der Waals surface area contributed by atoms with Crippen molar-refractivity contribution in [1.82, 2.24) is 4.90 Å². The van der Waals surface area contributed by atoms with Crippen LogP contribution in [0.25, 0.3) is 0 Å². The molecular formula is C28H35F2NO10S. The number of amides is 2. The minimum Gasteiger partial charge on any atom is -0.459 e. The number of carbonyl (C=O) groups excluding carboxylic acids is 5. The number of imide groups is 1. The molecule has 2 amide bonds. The predicted octanol–water partition coefficient (Wildman–Crippen LogP) is 2.37. The maximum atomic E-state index is 14.2. The van der Waals surface area contributed by atoms with Gasteiger partial charge in [-0.2, -0.15) is 17.2 Å². The Morgan fingerprint density at radius 1 is 1.02 bits per heavy atom. The number of carbonyl (C=O) groups is 5. The number of ether oxygens (including phenoxy) is 2. The number of esters is 2. The molecule has 0 aromatic carbocycles. The Morgan fingerprint density at radius 3 is 2.17 bits per heavy atom. The van der Waals surface area contributed by atoms with E-state index in [9.17, 15) is 41.2 Å². The van der Waals surface area contributed by atoms with E-state index in [0.29, 0.717) is 26.2 Å². The molecule has 14 heteroatoms. The molecule has 0 aromatic heterocycles. The second-order valence-corrected chi connectivity index (χ2v) is 15.9. The molecule has 9 atom stereocenters. The fourth-order valence-corrected chi connectivity index (χ4v) is 9.63. The van der Waals surface area contributed by atoms with Crippen molar-refractivity contribution in [3.05, 3.63) is 0 Å². The van der Waals surface area contributed by atoms with Crippen molar-refractivity contribution in [1.29, 1.82) is 0 Å². The molecule has 0 aromatic rings. The molecule has 0 spiro atoms. The number of hydrogen-bond donors (Lipinski definition) is 1. The van der Waals surface area contributed by atoms with Crippen molar-refractivity contribution in [3.63, 3.8) is 0 Å². The summed E-state index contributed by atoms with van der Waals surface area (Å²) in [6.07, 6.45) is -0.713. The van der Waals surface area contributed by atoms with Crippen LogP contribution in [-0.2, 0) is 43.6 Å². The molecule has 1 aliphatic heterocycles. The van der Waals surface area contributed by atoms with Gasteiger partial charge in [-0.05, 0) is 57.3 Å². The molecule has 1 N–H and O–H groups in total. The van der Waals surface area contributed by atoms with Gasteiger partial charge in [0.05, 0.1) is 23.3 Å². The summed E-state index contributed by atoms with van der Waals surface area (Å²) in [5.41, 5.74) is -1.89. The highest BCUT2D eigenvalue weighted by Gasteiger charge is 2.73. The third-order valence-corrected chi connectivity index (χ3v) is 11.8. The summed E-state index contributed by atoms with van der Waals surface area (Å²) in [5.74, 6) is -6.99. The number of fused-ring (bicyclic) bond motifs is 1. The van der Waals surface area contributed by atoms with Crippen LogP contribution in [-0.4, -0.2) is 70.9 Å². The minimum absolute atomic E-state index is 0.180. The number of halogens is 2. The first-order chi connectivity index (χ1) is 19.3. The van der Waals surface area contributed by atoms with Crippen molar-refractivity contribution >= 4 is 39.7 Å². The standard InChI is InChI=1S/C28H35F2NO10S/c1-11(28(29,30)42(37,38)39)40-23(34)18-16-7-15-17(18)22(33)31(24(35)26(2,3)4)19(15)21(16)41-25(36)27-8-12-5-13(9-27)20(32)14(6-12)10-27/h11-19,21H,5-10H2,1-4H3,(H,37,38,39). The normalized spacial score (nSPS) is 40.9. The minimum atomic E-state index is -5.92. The molecule has 6 bridgehead atoms. The van der Waals surface area contributed by atoms with Crippen LogP contribution in [0.2, 0.25) is 0 Å². The van der Waals surface area contributed by atoms with E-state index in [1.807, 2.05) is 0 Å². The summed E-state index contributed by atoms with van der Waals surface area (Å²) < 4.78 is 70.8. The van der Waals surface area contributed by atoms with Crippen LogP contribution in [0.5, 0.6) is 0 Å². The summed E-state index contributed by atoms with van der Waals surface area (Å²) in [6, 6.07) is -0.848. The molecule has 232 valence electrons. The van der Waals surface area contributed by atoms with Crippen LogP contribution in [0.1, 0.15) is 66.2 Å². The highest BCUT2D eigenvalue weighted by atomic mass is 32.2. The summed E-state index contributed by atoms with van der Waals surface area (Å²) in [7, 11) is -5.92. The van der Waals surface area contributed by atoms with E-state index in [1.54, 1.807) is 20.8 Å². The van der Waals surface area contributed by atoms with Gasteiger partial charge in [-0.15, -0.1) is 0 Å². The van der Waals surface area contributed by atoms with Gasteiger partial charge < -0.3 is 9.47 Å². The molecule has 1 heterocycles. The molecule has 11 nitrogen and oxygen atoms in total. The lowest BCUT2D eigenvalue weighted by Gasteiger charge is -2.54. The van der Waals surface area contributed by atoms with Gasteiger partial charge in [-0.25, -0.2) is 0 Å². The monoisotopic (exact) mass is 615 g/mol. The number of hydrogen-bond acceptors (Lipinski definition) is 9. The lowest BCUT2D eigenvalue weighted by molar-refractivity contribution is -0.188. The first-order valence-electron chi connectivity index (χ1n) is 14.5. The topological polar surface area (TPSA) is 161 Å². The molecule has 1 saturated heterocycles. The van der Waals surface area contributed by atoms with Crippen LogP contribution in [0, 0.1) is 52.3 Å². The lowest BCUT2D eigenvalue weighted by atomic mass is 9.49. The number of nitrogens with zero attached hydrogens (tertiary/aromatic N) is 1. The third-order valence-electron chi connectivity index (χ3n) is 10.8. The van der Waals surface area contributed by atoms with Crippen molar-refractivity contribution < 1.29 is 55.2 Å². The zero-order valence-electron chi connectivity index (χ0n) is 23.7. The van der Waals surface area contributed by atoms with Gasteiger partial charge in [0.15, 0.2) is 6.10 Å². The number of Topliss-reactive ketones (excluding diaryl/α,β-unsaturated/α-hetero) is 1. The summed E-state index contributed by atoms with van der Waals surface area (Å²) in [5, 5.41) is -4.81. The van der Waals surface area contributed by atoms with Crippen LogP contribution in [0.15, 0.2) is 0 Å². The van der Waals surface area contributed by atoms with E-state index in [1.165, 1.54) is 0 Å². The van der Waals surface area contributed by atoms with Crippen LogP contribution in [0.3, 0.4) is 0 Å². The van der Waals surface area contributed by atoms with Gasteiger partial charge in [0.2, 0.25) is 11.8 Å². The highest BCUT2D eigenvalue weighted by Crippen LogP contribution is 2.63. The Balaban J connectivity index is 1.31. The summed E-state index contributed by atoms with van der Waals surface area (Å²) >= 11 is 0. The number of likely N-dealkylation sites (tertiary alicyclic amines) is 1. The van der Waals surface area contributed by atoms with Crippen LogP contribution >= 0.6 is 0 Å². The quantitative estimate of drug-likeness (QED) is 0.347. The maximum absolute atomic E-state index is 14.2. The van der Waals surface area contributed by atoms with E-state index in [-0.39, 0.29) is 30.0 Å². The number of alkyl halides is 2. The van der Waals surface area contributed by atoms with Gasteiger partial charge in [0, 0.05) is 23.2 Å². The average molecular weight is 616 g/mol. The smallest absolute Gasteiger partial charge is 0.405 e. The molecule has 0 radical (unpaired) electrons. The molecule has 7 aliphatic rings. The molecule has 9 unspecified atom stereocenters. The first-order valence-corrected chi connectivity index (χ1v) is 15.9. The molecule has 7 fully saturated rings. The van der Waals surface area contributed by atoms with Gasteiger partial charge in [-0.1, -0.05) is 20.8 Å². The summed E-state index contributed by atoms with van der Waals surface area (Å²) in [6.45, 7) is 5.47. The Kier molecular flexibility index (Phi) is 6.36. The molecule has 6 aliphatic carbocycles. The lowest BCUT2D eigenvalue weighted by Crippen LogP contribution is -2.57. The maximum Gasteiger partial charge on any atom is 0.405 e. The molecule has 7 rings (SSSR count). The second kappa shape index (κ2) is 9.02. The van der Waals surface area contributed by atoms with E-state index in [0.717, 1.165) is 17.7 Å². The zero-order chi connectivity index (χ0) is 30.9. The fourth-order valence-electron chi connectivity index (χ4n) is 9.16. The van der Waals surface area contributed by atoms with Gasteiger partial charge >= 0.3 is 27.3 Å². The van der Waals surface area contributed by atoms with Gasteiger partial charge in [0.1, 0.15) is 11.9 Å². The zero-order valence-corrected chi connectivity index (χ0v) is 24.6. The SMILES string of the molecule is CC(OC(=O)C1C2CC3C1C(=O)N(C(=O)C(C)(C)C)C3C2OC(=O)C12CC3CC(C1)C(=O)C(C3)C2)C(F)(F)S(=O)(=O)O.